The molecule has 0 aliphatic heterocycles. The van der Waals surface area contributed by atoms with E-state index in [2.05, 4.69) is 33.2 Å². The number of Topliss-reactive ketones (excluding diaryl/α,β-unsaturated/α-hetero) is 1. The van der Waals surface area contributed by atoms with E-state index in [0.717, 1.165) is 3.57 Å². The highest BCUT2D eigenvalue weighted by Crippen LogP contribution is 2.23. The van der Waals surface area contributed by atoms with E-state index in [1.54, 1.807) is 19.9 Å². The highest BCUT2D eigenvalue weighted by atomic mass is 127. The minimum absolute atomic E-state index is 0.0443. The van der Waals surface area contributed by atoms with Crippen LogP contribution in [-0.4, -0.2) is 53.5 Å². The van der Waals surface area contributed by atoms with Crippen LogP contribution in [0, 0.1) is 9.49 Å². The summed E-state index contributed by atoms with van der Waals surface area (Å²) in [7, 11) is 0. The highest BCUT2D eigenvalue weighted by Gasteiger charge is 2.30. The summed E-state index contributed by atoms with van der Waals surface area (Å²) < 4.78 is 19.4. The maximum absolute atomic E-state index is 12.7. The van der Waals surface area contributed by atoms with Crippen LogP contribution in [0.25, 0.3) is 0 Å². The SMILES string of the molecule is CC(C)Oc1ccc(I)cc1CC(=O)N[C@H](C(=O)NC(CC(=O)O)C(=O)CF)C(C)C. The first-order valence-corrected chi connectivity index (χ1v) is 10.9. The molecule has 0 heterocycles. The summed E-state index contributed by atoms with van der Waals surface area (Å²) in [4.78, 5) is 47.9. The van der Waals surface area contributed by atoms with Crippen LogP contribution >= 0.6 is 22.6 Å². The van der Waals surface area contributed by atoms with Gasteiger partial charge in [0.25, 0.3) is 0 Å². The van der Waals surface area contributed by atoms with Crippen LogP contribution in [0.5, 0.6) is 5.75 Å². The van der Waals surface area contributed by atoms with Crippen molar-refractivity contribution in [3.05, 3.63) is 27.3 Å². The van der Waals surface area contributed by atoms with E-state index >= 15 is 0 Å². The largest absolute Gasteiger partial charge is 0.491 e. The van der Waals surface area contributed by atoms with Crippen molar-refractivity contribution in [3.8, 4) is 5.75 Å². The van der Waals surface area contributed by atoms with Gasteiger partial charge >= 0.3 is 5.97 Å². The van der Waals surface area contributed by atoms with E-state index < -0.39 is 48.7 Å². The minimum Gasteiger partial charge on any atom is -0.491 e. The molecular weight excluding hydrogens is 522 g/mol. The van der Waals surface area contributed by atoms with E-state index in [1.807, 2.05) is 26.0 Å². The standard InChI is InChI=1S/C21H28FIN2O6/c1-11(2)20(21(30)24-15(9-19(28)29)16(26)10-22)25-18(27)8-13-7-14(23)5-6-17(13)31-12(3)4/h5-7,11-12,15,20H,8-10H2,1-4H3,(H,24,30)(H,25,27)(H,28,29)/t15?,20-/m0/s1. The number of aliphatic carboxylic acids is 1. The monoisotopic (exact) mass is 550 g/mol. The lowest BCUT2D eigenvalue weighted by atomic mass is 10.0. The van der Waals surface area contributed by atoms with E-state index in [9.17, 15) is 23.6 Å². The molecule has 0 aliphatic rings. The van der Waals surface area contributed by atoms with Crippen molar-refractivity contribution in [2.45, 2.75) is 58.7 Å². The molecule has 0 saturated carbocycles. The number of benzene rings is 1. The van der Waals surface area contributed by atoms with Crippen LogP contribution in [-0.2, 0) is 25.6 Å². The second-order valence-electron chi connectivity index (χ2n) is 7.64. The Morgan fingerprint density at radius 3 is 2.29 bits per heavy atom. The first kappa shape index (κ1) is 26.8. The molecule has 0 bridgehead atoms. The number of alkyl halides is 1. The van der Waals surface area contributed by atoms with Crippen LogP contribution < -0.4 is 15.4 Å². The van der Waals surface area contributed by atoms with Gasteiger partial charge in [-0.25, -0.2) is 4.39 Å². The van der Waals surface area contributed by atoms with Gasteiger partial charge in [-0.15, -0.1) is 0 Å². The number of carboxylic acid groups (broad SMARTS) is 1. The fraction of sp³-hybridized carbons (Fsp3) is 0.524. The van der Waals surface area contributed by atoms with Crippen LogP contribution in [0.1, 0.15) is 39.7 Å². The topological polar surface area (TPSA) is 122 Å². The Hall–Kier alpha value is -2.24. The molecule has 2 amide bonds. The average Bonchev–Trinajstić information content (AvgIpc) is 2.66. The number of hydrogen-bond acceptors (Lipinski definition) is 5. The third-order valence-corrected chi connectivity index (χ3v) is 4.89. The molecule has 2 atom stereocenters. The first-order valence-electron chi connectivity index (χ1n) is 9.79. The van der Waals surface area contributed by atoms with E-state index in [-0.39, 0.29) is 18.4 Å². The number of nitrogens with one attached hydrogen (secondary N) is 2. The van der Waals surface area contributed by atoms with Crippen LogP contribution in [0.2, 0.25) is 0 Å². The number of ether oxygens (including phenoxy) is 1. The summed E-state index contributed by atoms with van der Waals surface area (Å²) in [5.74, 6) is -3.40. The molecule has 0 aromatic heterocycles. The second kappa shape index (κ2) is 12.6. The van der Waals surface area contributed by atoms with Crippen LogP contribution in [0.4, 0.5) is 4.39 Å². The van der Waals surface area contributed by atoms with Crippen LogP contribution in [0.15, 0.2) is 18.2 Å². The lowest BCUT2D eigenvalue weighted by Crippen LogP contribution is -2.54. The summed E-state index contributed by atoms with van der Waals surface area (Å²) >= 11 is 2.12. The summed E-state index contributed by atoms with van der Waals surface area (Å²) in [5, 5.41) is 13.8. The number of rotatable bonds is 12. The van der Waals surface area contributed by atoms with Crippen molar-refractivity contribution >= 4 is 46.2 Å². The van der Waals surface area contributed by atoms with Crippen molar-refractivity contribution in [2.24, 2.45) is 5.92 Å². The highest BCUT2D eigenvalue weighted by molar-refractivity contribution is 14.1. The van der Waals surface area contributed by atoms with Crippen molar-refractivity contribution in [2.75, 3.05) is 6.67 Å². The summed E-state index contributed by atoms with van der Waals surface area (Å²) in [6.45, 7) is 5.71. The molecule has 1 aromatic carbocycles. The van der Waals surface area contributed by atoms with Gasteiger partial charge in [-0.05, 0) is 60.6 Å². The van der Waals surface area contributed by atoms with E-state index in [4.69, 9.17) is 9.84 Å². The fourth-order valence-corrected chi connectivity index (χ4v) is 3.32. The zero-order chi connectivity index (χ0) is 23.7. The molecule has 31 heavy (non-hydrogen) atoms. The Labute approximate surface area is 194 Å². The summed E-state index contributed by atoms with van der Waals surface area (Å²) in [5.41, 5.74) is 0.650. The van der Waals surface area contributed by atoms with Gasteiger partial charge in [-0.3, -0.25) is 19.2 Å². The number of ketones is 1. The lowest BCUT2D eigenvalue weighted by Gasteiger charge is -2.24. The quantitative estimate of drug-likeness (QED) is 0.344. The zero-order valence-electron chi connectivity index (χ0n) is 17.9. The average molecular weight is 550 g/mol. The smallest absolute Gasteiger partial charge is 0.305 e. The molecule has 0 saturated heterocycles. The predicted octanol–water partition coefficient (Wildman–Crippen LogP) is 2.26. The number of carboxylic acids is 1. The van der Waals surface area contributed by atoms with Crippen molar-refractivity contribution in [3.63, 3.8) is 0 Å². The van der Waals surface area contributed by atoms with Gasteiger partial charge in [-0.1, -0.05) is 13.8 Å². The van der Waals surface area contributed by atoms with E-state index in [1.165, 1.54) is 0 Å². The van der Waals surface area contributed by atoms with Crippen molar-refractivity contribution in [1.29, 1.82) is 0 Å². The minimum atomic E-state index is -1.50. The number of carbonyl (C=O) groups excluding carboxylic acids is 3. The second-order valence-corrected chi connectivity index (χ2v) is 8.89. The molecule has 8 nitrogen and oxygen atoms in total. The Balaban J connectivity index is 2.94. The summed E-state index contributed by atoms with van der Waals surface area (Å²) in [6.07, 6.45) is -0.876. The molecule has 3 N–H and O–H groups in total. The number of carbonyl (C=O) groups is 4. The van der Waals surface area contributed by atoms with Crippen LogP contribution in [0.3, 0.4) is 0 Å². The van der Waals surface area contributed by atoms with E-state index in [0.29, 0.717) is 11.3 Å². The predicted molar refractivity (Wildman–Crippen MR) is 121 cm³/mol. The van der Waals surface area contributed by atoms with Gasteiger partial charge in [0.15, 0.2) is 5.78 Å². The molecule has 10 heteroatoms. The molecule has 0 spiro atoms. The third kappa shape index (κ3) is 9.19. The maximum Gasteiger partial charge on any atom is 0.305 e. The Morgan fingerprint density at radius 1 is 1.13 bits per heavy atom. The van der Waals surface area contributed by atoms with Gasteiger partial charge in [0.05, 0.1) is 18.9 Å². The normalized spacial score (nSPS) is 12.9. The fourth-order valence-electron chi connectivity index (χ4n) is 2.76. The summed E-state index contributed by atoms with van der Waals surface area (Å²) in [6, 6.07) is 2.90. The van der Waals surface area contributed by atoms with Gasteiger partial charge in [-0.2, -0.15) is 0 Å². The molecule has 0 radical (unpaired) electrons. The lowest BCUT2D eigenvalue weighted by molar-refractivity contribution is -0.140. The number of hydrogen-bond donors (Lipinski definition) is 3. The molecule has 1 unspecified atom stereocenters. The van der Waals surface area contributed by atoms with Crippen molar-refractivity contribution < 1.29 is 33.4 Å². The third-order valence-electron chi connectivity index (χ3n) is 4.22. The Kier molecular flexibility index (Phi) is 10.9. The molecule has 172 valence electrons. The maximum atomic E-state index is 12.7. The molecular formula is C21H28FIN2O6. The Bertz CT molecular complexity index is 815. The number of amides is 2. The molecule has 0 fully saturated rings. The molecule has 1 rings (SSSR count). The first-order chi connectivity index (χ1) is 14.4. The van der Waals surface area contributed by atoms with Gasteiger partial charge < -0.3 is 20.5 Å². The van der Waals surface area contributed by atoms with Gasteiger partial charge in [0, 0.05) is 9.13 Å². The Morgan fingerprint density at radius 2 is 1.77 bits per heavy atom. The van der Waals surface area contributed by atoms with Gasteiger partial charge in [0.1, 0.15) is 24.5 Å². The number of halogens is 2. The van der Waals surface area contributed by atoms with Gasteiger partial charge in [0.2, 0.25) is 11.8 Å². The van der Waals surface area contributed by atoms with Crippen molar-refractivity contribution in [1.82, 2.24) is 10.6 Å². The molecule has 0 aliphatic carbocycles. The zero-order valence-corrected chi connectivity index (χ0v) is 20.1. The molecule has 1 aromatic rings.